The SMILES string of the molecule is CCN1CCN(C(=O)c2cc(C(=O)Nc3ccc(F)cc3)ccn2)CC1. The van der Waals surface area contributed by atoms with Crippen LogP contribution in [0.3, 0.4) is 0 Å². The van der Waals surface area contributed by atoms with Gasteiger partial charge in [-0.2, -0.15) is 0 Å². The molecule has 1 saturated heterocycles. The molecule has 2 amide bonds. The Morgan fingerprint density at radius 3 is 2.46 bits per heavy atom. The predicted octanol–water partition coefficient (Wildman–Crippen LogP) is 2.25. The molecule has 1 aromatic carbocycles. The number of halogens is 1. The van der Waals surface area contributed by atoms with E-state index in [2.05, 4.69) is 22.1 Å². The Morgan fingerprint density at radius 1 is 1.12 bits per heavy atom. The molecule has 3 rings (SSSR count). The molecule has 136 valence electrons. The zero-order valence-corrected chi connectivity index (χ0v) is 14.6. The Balaban J connectivity index is 1.68. The number of aromatic nitrogens is 1. The minimum Gasteiger partial charge on any atom is -0.335 e. The van der Waals surface area contributed by atoms with E-state index in [0.717, 1.165) is 19.6 Å². The van der Waals surface area contributed by atoms with Crippen LogP contribution in [0.15, 0.2) is 42.6 Å². The molecule has 26 heavy (non-hydrogen) atoms. The first-order valence-corrected chi connectivity index (χ1v) is 8.61. The van der Waals surface area contributed by atoms with Crippen molar-refractivity contribution in [2.24, 2.45) is 0 Å². The summed E-state index contributed by atoms with van der Waals surface area (Å²) in [6.07, 6.45) is 1.45. The number of hydrogen-bond acceptors (Lipinski definition) is 4. The first kappa shape index (κ1) is 18.0. The molecule has 1 aliphatic heterocycles. The van der Waals surface area contributed by atoms with Gasteiger partial charge in [-0.15, -0.1) is 0 Å². The van der Waals surface area contributed by atoms with E-state index in [-0.39, 0.29) is 23.3 Å². The first-order chi connectivity index (χ1) is 12.6. The molecule has 0 bridgehead atoms. The minimum atomic E-state index is -0.372. The number of carbonyl (C=O) groups is 2. The van der Waals surface area contributed by atoms with E-state index >= 15 is 0 Å². The molecule has 1 N–H and O–H groups in total. The van der Waals surface area contributed by atoms with E-state index < -0.39 is 0 Å². The normalized spacial score (nSPS) is 14.9. The summed E-state index contributed by atoms with van der Waals surface area (Å²) in [6.45, 7) is 6.06. The van der Waals surface area contributed by atoms with Gasteiger partial charge in [-0.25, -0.2) is 4.39 Å². The average Bonchev–Trinajstić information content (AvgIpc) is 2.69. The standard InChI is InChI=1S/C19H21FN4O2/c1-2-23-9-11-24(12-10-23)19(26)17-13-14(7-8-21-17)18(25)22-16-5-3-15(20)4-6-16/h3-8,13H,2,9-12H2,1H3,(H,22,25). The predicted molar refractivity (Wildman–Crippen MR) is 96.6 cm³/mol. The Bertz CT molecular complexity index is 786. The number of benzene rings is 1. The van der Waals surface area contributed by atoms with E-state index in [9.17, 15) is 14.0 Å². The van der Waals surface area contributed by atoms with Crippen molar-refractivity contribution in [1.82, 2.24) is 14.8 Å². The van der Waals surface area contributed by atoms with Gasteiger partial charge in [0.15, 0.2) is 0 Å². The maximum Gasteiger partial charge on any atom is 0.272 e. The Hall–Kier alpha value is -2.80. The van der Waals surface area contributed by atoms with Crippen molar-refractivity contribution < 1.29 is 14.0 Å². The number of piperazine rings is 1. The van der Waals surface area contributed by atoms with Crippen LogP contribution in [0, 0.1) is 5.82 Å². The Kier molecular flexibility index (Phi) is 5.58. The van der Waals surface area contributed by atoms with E-state index in [4.69, 9.17) is 0 Å². The number of nitrogens with one attached hydrogen (secondary N) is 1. The van der Waals surface area contributed by atoms with Crippen LogP contribution in [0.4, 0.5) is 10.1 Å². The van der Waals surface area contributed by atoms with Crippen molar-refractivity contribution in [2.45, 2.75) is 6.92 Å². The molecular weight excluding hydrogens is 335 g/mol. The highest BCUT2D eigenvalue weighted by Gasteiger charge is 2.22. The maximum absolute atomic E-state index is 12.9. The van der Waals surface area contributed by atoms with Crippen molar-refractivity contribution in [3.63, 3.8) is 0 Å². The monoisotopic (exact) mass is 356 g/mol. The fourth-order valence-electron chi connectivity index (χ4n) is 2.85. The van der Waals surface area contributed by atoms with Crippen LogP contribution in [0.5, 0.6) is 0 Å². The lowest BCUT2D eigenvalue weighted by molar-refractivity contribution is 0.0637. The van der Waals surface area contributed by atoms with Crippen LogP contribution in [0.25, 0.3) is 0 Å². The number of amides is 2. The smallest absolute Gasteiger partial charge is 0.272 e. The number of carbonyl (C=O) groups excluding carboxylic acids is 2. The fourth-order valence-corrected chi connectivity index (χ4v) is 2.85. The van der Waals surface area contributed by atoms with Gasteiger partial charge in [0.1, 0.15) is 11.5 Å². The van der Waals surface area contributed by atoms with Crippen LogP contribution in [0.2, 0.25) is 0 Å². The van der Waals surface area contributed by atoms with Crippen molar-refractivity contribution in [3.8, 4) is 0 Å². The summed E-state index contributed by atoms with van der Waals surface area (Å²) in [6, 6.07) is 8.54. The number of nitrogens with zero attached hydrogens (tertiary/aromatic N) is 3. The Labute approximate surface area is 151 Å². The molecule has 0 radical (unpaired) electrons. The summed E-state index contributed by atoms with van der Waals surface area (Å²) in [5.74, 6) is -0.913. The Morgan fingerprint density at radius 2 is 1.81 bits per heavy atom. The van der Waals surface area contributed by atoms with Gasteiger partial charge in [-0.3, -0.25) is 14.6 Å². The van der Waals surface area contributed by atoms with Gasteiger partial charge in [0.2, 0.25) is 0 Å². The summed E-state index contributed by atoms with van der Waals surface area (Å²) < 4.78 is 12.9. The molecule has 7 heteroatoms. The van der Waals surface area contributed by atoms with E-state index in [1.165, 1.54) is 36.5 Å². The van der Waals surface area contributed by atoms with Crippen LogP contribution in [0.1, 0.15) is 27.8 Å². The molecule has 0 saturated carbocycles. The van der Waals surface area contributed by atoms with Gasteiger partial charge < -0.3 is 15.1 Å². The molecule has 0 atom stereocenters. The molecule has 0 unspecified atom stereocenters. The molecule has 1 fully saturated rings. The highest BCUT2D eigenvalue weighted by Crippen LogP contribution is 2.12. The second kappa shape index (κ2) is 8.05. The first-order valence-electron chi connectivity index (χ1n) is 8.61. The zero-order valence-electron chi connectivity index (χ0n) is 14.6. The largest absolute Gasteiger partial charge is 0.335 e. The molecule has 0 spiro atoms. The molecule has 0 aliphatic carbocycles. The third-order valence-corrected chi connectivity index (χ3v) is 4.45. The number of rotatable bonds is 4. The second-order valence-electron chi connectivity index (χ2n) is 6.12. The highest BCUT2D eigenvalue weighted by molar-refractivity contribution is 6.05. The fraction of sp³-hybridized carbons (Fsp3) is 0.316. The average molecular weight is 356 g/mol. The highest BCUT2D eigenvalue weighted by atomic mass is 19.1. The van der Waals surface area contributed by atoms with Gasteiger partial charge in [-0.05, 0) is 42.9 Å². The minimum absolute atomic E-state index is 0.169. The molecule has 2 heterocycles. The van der Waals surface area contributed by atoms with E-state index in [0.29, 0.717) is 24.3 Å². The van der Waals surface area contributed by atoms with Crippen LogP contribution in [-0.4, -0.2) is 59.3 Å². The lowest BCUT2D eigenvalue weighted by Crippen LogP contribution is -2.48. The number of likely N-dealkylation sites (N-methyl/N-ethyl adjacent to an activating group) is 1. The molecule has 6 nitrogen and oxygen atoms in total. The molecule has 1 aliphatic rings. The van der Waals surface area contributed by atoms with Crippen molar-refractivity contribution in [2.75, 3.05) is 38.0 Å². The lowest BCUT2D eigenvalue weighted by atomic mass is 10.2. The third-order valence-electron chi connectivity index (χ3n) is 4.45. The number of anilines is 1. The number of pyridine rings is 1. The van der Waals surface area contributed by atoms with Gasteiger partial charge >= 0.3 is 0 Å². The summed E-state index contributed by atoms with van der Waals surface area (Å²) in [5, 5.41) is 2.68. The van der Waals surface area contributed by atoms with Crippen LogP contribution >= 0.6 is 0 Å². The molecular formula is C19H21FN4O2. The van der Waals surface area contributed by atoms with Crippen molar-refractivity contribution >= 4 is 17.5 Å². The summed E-state index contributed by atoms with van der Waals surface area (Å²) >= 11 is 0. The van der Waals surface area contributed by atoms with E-state index in [1.807, 2.05) is 0 Å². The molecule has 1 aromatic heterocycles. The quantitative estimate of drug-likeness (QED) is 0.913. The van der Waals surface area contributed by atoms with Gasteiger partial charge in [0, 0.05) is 43.6 Å². The van der Waals surface area contributed by atoms with Crippen LogP contribution < -0.4 is 5.32 Å². The van der Waals surface area contributed by atoms with E-state index in [1.54, 1.807) is 11.0 Å². The molecule has 2 aromatic rings. The van der Waals surface area contributed by atoms with Crippen molar-refractivity contribution in [1.29, 1.82) is 0 Å². The van der Waals surface area contributed by atoms with Gasteiger partial charge in [-0.1, -0.05) is 6.92 Å². The van der Waals surface area contributed by atoms with Crippen molar-refractivity contribution in [3.05, 3.63) is 59.7 Å². The summed E-state index contributed by atoms with van der Waals surface area (Å²) in [4.78, 5) is 33.2. The summed E-state index contributed by atoms with van der Waals surface area (Å²) in [7, 11) is 0. The summed E-state index contributed by atoms with van der Waals surface area (Å²) in [5.41, 5.74) is 1.07. The number of hydrogen-bond donors (Lipinski definition) is 1. The van der Waals surface area contributed by atoms with Gasteiger partial charge in [0.05, 0.1) is 0 Å². The van der Waals surface area contributed by atoms with Gasteiger partial charge in [0.25, 0.3) is 11.8 Å². The maximum atomic E-state index is 12.9. The zero-order chi connectivity index (χ0) is 18.5. The topological polar surface area (TPSA) is 65.5 Å². The van der Waals surface area contributed by atoms with Crippen LogP contribution in [-0.2, 0) is 0 Å². The lowest BCUT2D eigenvalue weighted by Gasteiger charge is -2.33. The third kappa shape index (κ3) is 4.23. The second-order valence-corrected chi connectivity index (χ2v) is 6.12.